The summed E-state index contributed by atoms with van der Waals surface area (Å²) in [5, 5.41) is 10.3. The van der Waals surface area contributed by atoms with Gasteiger partial charge in [-0.05, 0) is 104 Å². The molecule has 4 atom stereocenters. The van der Waals surface area contributed by atoms with Gasteiger partial charge in [0.1, 0.15) is 16.9 Å². The maximum Gasteiger partial charge on any atom is 0.254 e. The molecule has 254 valence electrons. The number of likely N-dealkylation sites (tertiary alicyclic amines) is 2. The van der Waals surface area contributed by atoms with E-state index in [2.05, 4.69) is 27.3 Å². The number of hydrogen-bond donors (Lipinski definition) is 1. The molecular weight excluding hydrogens is 628 g/mol. The van der Waals surface area contributed by atoms with E-state index in [1.54, 1.807) is 31.4 Å². The van der Waals surface area contributed by atoms with Crippen molar-refractivity contribution in [3.63, 3.8) is 0 Å². The Kier molecular flexibility index (Phi) is 7.39. The molecule has 0 radical (unpaired) electrons. The molecule has 4 fully saturated rings. The molecule has 2 aliphatic heterocycles. The highest BCUT2D eigenvalue weighted by Gasteiger charge is 2.47. The highest BCUT2D eigenvalue weighted by Crippen LogP contribution is 2.41. The van der Waals surface area contributed by atoms with Crippen molar-refractivity contribution >= 4 is 33.9 Å². The standard InChI is InChI=1S/C39H40N8O3/c1-50-33-17-29(39(49)46-22-28-10-11-31(46)34(28)41)15-30-35(33)47(21-25-12-14-44(19-25)38(48)26-8-6-23(18-40)7-9-26)37(43-30)32-16-27-3-2-13-42-36(27)45(32)20-24-4-5-24/h2-3,6-9,13,15-17,24-25,28,31,34H,4-5,10-12,14,19-22,41H2,1H3/t25-,28?,31?,34+/m0/s1. The molecule has 0 spiro atoms. The van der Waals surface area contributed by atoms with E-state index in [9.17, 15) is 14.9 Å². The summed E-state index contributed by atoms with van der Waals surface area (Å²) in [6.45, 7) is 3.43. The van der Waals surface area contributed by atoms with E-state index in [1.165, 1.54) is 12.8 Å². The van der Waals surface area contributed by atoms with Crippen LogP contribution >= 0.6 is 0 Å². The first-order valence-electron chi connectivity index (χ1n) is 17.8. The van der Waals surface area contributed by atoms with Crippen molar-refractivity contribution in [1.82, 2.24) is 28.9 Å². The summed E-state index contributed by atoms with van der Waals surface area (Å²) < 4.78 is 10.6. The second-order valence-corrected chi connectivity index (χ2v) is 14.6. The number of hydrogen-bond acceptors (Lipinski definition) is 7. The van der Waals surface area contributed by atoms with Crippen molar-refractivity contribution in [2.75, 3.05) is 26.7 Å². The fourth-order valence-electron chi connectivity index (χ4n) is 8.64. The molecule has 3 aromatic heterocycles. The van der Waals surface area contributed by atoms with Gasteiger partial charge in [0.05, 0.1) is 30.0 Å². The number of ether oxygens (including phenoxy) is 1. The number of nitrogens with zero attached hydrogens (tertiary/aromatic N) is 7. The first-order valence-corrected chi connectivity index (χ1v) is 17.8. The third kappa shape index (κ3) is 5.12. The molecule has 2 saturated carbocycles. The van der Waals surface area contributed by atoms with Gasteiger partial charge in [-0.2, -0.15) is 5.26 Å². The number of carbonyl (C=O) groups is 2. The Bertz CT molecular complexity index is 2190. The summed E-state index contributed by atoms with van der Waals surface area (Å²) in [5.41, 5.74) is 11.6. The number of imidazole rings is 1. The molecule has 11 heteroatoms. The lowest BCUT2D eigenvalue weighted by molar-refractivity contribution is 0.0700. The van der Waals surface area contributed by atoms with Crippen LogP contribution in [0.15, 0.2) is 60.8 Å². The molecule has 9 rings (SSSR count). The first-order chi connectivity index (χ1) is 24.4. The van der Waals surface area contributed by atoms with Crippen LogP contribution in [0.3, 0.4) is 0 Å². The van der Waals surface area contributed by atoms with Gasteiger partial charge in [0.25, 0.3) is 11.8 Å². The summed E-state index contributed by atoms with van der Waals surface area (Å²) in [5.74, 6) is 2.49. The second kappa shape index (κ2) is 12.0. The summed E-state index contributed by atoms with van der Waals surface area (Å²) in [6.07, 6.45) is 7.11. The number of nitrogens with two attached hydrogens (primary N) is 1. The van der Waals surface area contributed by atoms with E-state index in [0.717, 1.165) is 53.9 Å². The number of piperidine rings is 1. The number of fused-ring (bicyclic) bond motifs is 4. The lowest BCUT2D eigenvalue weighted by Crippen LogP contribution is -2.41. The normalized spacial score (nSPS) is 22.9. The lowest BCUT2D eigenvalue weighted by Gasteiger charge is -2.27. The Morgan fingerprint density at radius 1 is 0.940 bits per heavy atom. The van der Waals surface area contributed by atoms with Crippen LogP contribution in [-0.2, 0) is 13.1 Å². The minimum absolute atomic E-state index is 0.0243. The van der Waals surface area contributed by atoms with Gasteiger partial charge in [-0.15, -0.1) is 0 Å². The van der Waals surface area contributed by atoms with Gasteiger partial charge < -0.3 is 29.4 Å². The summed E-state index contributed by atoms with van der Waals surface area (Å²) in [6, 6.07) is 19.1. The number of rotatable bonds is 8. The molecule has 2 amide bonds. The number of aromatic nitrogens is 4. The molecule has 2 aromatic carbocycles. The van der Waals surface area contributed by atoms with E-state index in [1.807, 2.05) is 34.2 Å². The van der Waals surface area contributed by atoms with Gasteiger partial charge in [-0.1, -0.05) is 0 Å². The zero-order valence-corrected chi connectivity index (χ0v) is 28.2. The average Bonchev–Trinajstić information content (AvgIpc) is 3.45. The molecule has 2 saturated heterocycles. The van der Waals surface area contributed by atoms with Gasteiger partial charge in [-0.25, -0.2) is 9.97 Å². The van der Waals surface area contributed by atoms with Crippen LogP contribution in [0.5, 0.6) is 5.75 Å². The van der Waals surface area contributed by atoms with Crippen molar-refractivity contribution < 1.29 is 14.3 Å². The number of carbonyl (C=O) groups excluding carboxylic acids is 2. The maximum atomic E-state index is 14.0. The first kappa shape index (κ1) is 30.8. The molecular formula is C39H40N8O3. The third-order valence-corrected chi connectivity index (χ3v) is 11.5. The van der Waals surface area contributed by atoms with E-state index >= 15 is 0 Å². The van der Waals surface area contributed by atoms with Gasteiger partial charge in [0, 0.05) is 67.5 Å². The number of benzene rings is 2. The lowest BCUT2D eigenvalue weighted by atomic mass is 10.1. The number of amides is 2. The van der Waals surface area contributed by atoms with Crippen LogP contribution in [0.2, 0.25) is 0 Å². The van der Waals surface area contributed by atoms with E-state index in [4.69, 9.17) is 20.4 Å². The maximum absolute atomic E-state index is 14.0. The summed E-state index contributed by atoms with van der Waals surface area (Å²) in [7, 11) is 1.65. The van der Waals surface area contributed by atoms with Gasteiger partial charge in [0.15, 0.2) is 5.82 Å². The van der Waals surface area contributed by atoms with Gasteiger partial charge in [0.2, 0.25) is 0 Å². The number of methoxy groups -OCH3 is 1. The monoisotopic (exact) mass is 668 g/mol. The summed E-state index contributed by atoms with van der Waals surface area (Å²) >= 11 is 0. The second-order valence-electron chi connectivity index (χ2n) is 14.6. The van der Waals surface area contributed by atoms with Crippen LogP contribution in [0.25, 0.3) is 33.6 Å². The van der Waals surface area contributed by atoms with E-state index < -0.39 is 0 Å². The quantitative estimate of drug-likeness (QED) is 0.244. The van der Waals surface area contributed by atoms with Crippen LogP contribution in [0.4, 0.5) is 0 Å². The molecule has 11 nitrogen and oxygen atoms in total. The molecule has 2 unspecified atom stereocenters. The topological polar surface area (TPSA) is 135 Å². The SMILES string of the molecule is COc1cc(C(=O)N2CC3CCC2[C@@H]3N)cc2nc(-c3cc4cccnc4n3CC3CC3)n(C[C@H]3CCN(C(=O)c4ccc(C#N)cc4)C3)c12. The van der Waals surface area contributed by atoms with Crippen molar-refractivity contribution in [2.45, 2.75) is 57.3 Å². The molecule has 2 N–H and O–H groups in total. The van der Waals surface area contributed by atoms with Gasteiger partial charge in [-0.3, -0.25) is 9.59 Å². The highest BCUT2D eigenvalue weighted by molar-refractivity contribution is 6.00. The Labute approximate surface area is 290 Å². The van der Waals surface area contributed by atoms with Crippen LogP contribution in [0.1, 0.15) is 58.4 Å². The van der Waals surface area contributed by atoms with Crippen LogP contribution < -0.4 is 10.5 Å². The van der Waals surface area contributed by atoms with Gasteiger partial charge >= 0.3 is 0 Å². The fraction of sp³-hybridized carbons (Fsp3) is 0.410. The highest BCUT2D eigenvalue weighted by atomic mass is 16.5. The predicted molar refractivity (Wildman–Crippen MR) is 188 cm³/mol. The minimum Gasteiger partial charge on any atom is -0.494 e. The zero-order chi connectivity index (χ0) is 34.1. The largest absolute Gasteiger partial charge is 0.494 e. The third-order valence-electron chi connectivity index (χ3n) is 11.5. The molecule has 4 aliphatic rings. The van der Waals surface area contributed by atoms with Crippen molar-refractivity contribution in [3.05, 3.63) is 77.5 Å². The Hall–Kier alpha value is -5.21. The van der Waals surface area contributed by atoms with Crippen LogP contribution in [0, 0.1) is 29.1 Å². The molecule has 5 heterocycles. The Morgan fingerprint density at radius 2 is 1.76 bits per heavy atom. The summed E-state index contributed by atoms with van der Waals surface area (Å²) in [4.78, 5) is 41.4. The zero-order valence-electron chi connectivity index (χ0n) is 28.2. The fourth-order valence-corrected chi connectivity index (χ4v) is 8.64. The van der Waals surface area contributed by atoms with Crippen molar-refractivity contribution in [2.24, 2.45) is 23.5 Å². The molecule has 2 bridgehead atoms. The molecule has 50 heavy (non-hydrogen) atoms. The van der Waals surface area contributed by atoms with E-state index in [-0.39, 0.29) is 29.8 Å². The Morgan fingerprint density at radius 3 is 2.48 bits per heavy atom. The molecule has 2 aliphatic carbocycles. The predicted octanol–water partition coefficient (Wildman–Crippen LogP) is 5.07. The molecule has 5 aromatic rings. The smallest absolute Gasteiger partial charge is 0.254 e. The number of nitriles is 1. The Balaban J connectivity index is 1.12. The minimum atomic E-state index is -0.0283. The average molecular weight is 669 g/mol. The van der Waals surface area contributed by atoms with Crippen LogP contribution in [-0.4, -0.2) is 79.5 Å². The van der Waals surface area contributed by atoms with Crippen molar-refractivity contribution in [3.8, 4) is 23.3 Å². The number of pyridine rings is 1. The van der Waals surface area contributed by atoms with E-state index in [0.29, 0.717) is 66.0 Å². The van der Waals surface area contributed by atoms with Crippen molar-refractivity contribution in [1.29, 1.82) is 5.26 Å².